The summed E-state index contributed by atoms with van der Waals surface area (Å²) in [5, 5.41) is 0. The van der Waals surface area contributed by atoms with Crippen molar-refractivity contribution in [2.75, 3.05) is 18.5 Å². The largest absolute Gasteiger partial charge is 0.419 e. The maximum atomic E-state index is 11.4. The lowest BCUT2D eigenvalue weighted by Crippen LogP contribution is -2.30. The fourth-order valence-corrected chi connectivity index (χ4v) is 2.02. The second-order valence-corrected chi connectivity index (χ2v) is 4.62. The van der Waals surface area contributed by atoms with Crippen molar-refractivity contribution in [1.29, 1.82) is 0 Å². The van der Waals surface area contributed by atoms with E-state index in [0.717, 1.165) is 17.6 Å². The first kappa shape index (κ1) is 12.7. The van der Waals surface area contributed by atoms with Gasteiger partial charge in [0, 0.05) is 25.8 Å². The van der Waals surface area contributed by atoms with E-state index >= 15 is 0 Å². The van der Waals surface area contributed by atoms with E-state index in [0.29, 0.717) is 18.2 Å². The number of anilines is 1. The van der Waals surface area contributed by atoms with E-state index in [1.54, 1.807) is 7.05 Å². The van der Waals surface area contributed by atoms with Gasteiger partial charge in [-0.3, -0.25) is 4.57 Å². The molecular weight excluding hydrogens is 230 g/mol. The third-order valence-electron chi connectivity index (χ3n) is 3.43. The Morgan fingerprint density at radius 1 is 1.50 bits per heavy atom. The molecule has 1 heterocycles. The van der Waals surface area contributed by atoms with E-state index in [4.69, 9.17) is 10.2 Å². The van der Waals surface area contributed by atoms with E-state index in [9.17, 15) is 4.79 Å². The number of aryl methyl sites for hydroxylation is 1. The predicted octanol–water partition coefficient (Wildman–Crippen LogP) is 1.30. The van der Waals surface area contributed by atoms with Gasteiger partial charge in [0.25, 0.3) is 0 Å². The van der Waals surface area contributed by atoms with Crippen LogP contribution < -0.4 is 16.4 Å². The molecule has 0 fully saturated rings. The Bertz CT molecular complexity index is 600. The summed E-state index contributed by atoms with van der Waals surface area (Å²) in [6.45, 7) is 2.80. The molecule has 5 heteroatoms. The Morgan fingerprint density at radius 3 is 2.89 bits per heavy atom. The summed E-state index contributed by atoms with van der Waals surface area (Å²) in [6.07, 6.45) is 0.929. The summed E-state index contributed by atoms with van der Waals surface area (Å²) in [7, 11) is 3.74. The molecule has 0 aliphatic carbocycles. The molecule has 0 amide bonds. The molecule has 2 rings (SSSR count). The Balaban J connectivity index is 2.40. The second-order valence-electron chi connectivity index (χ2n) is 4.62. The molecule has 0 spiro atoms. The fourth-order valence-electron chi connectivity index (χ4n) is 2.02. The SMILES string of the molecule is CC(CCN)N(C)c1ccc2oc(=O)n(C)c2c1. The molecular formula is C13H19N3O2. The van der Waals surface area contributed by atoms with Crippen LogP contribution in [0.1, 0.15) is 13.3 Å². The summed E-state index contributed by atoms with van der Waals surface area (Å²) >= 11 is 0. The highest BCUT2D eigenvalue weighted by Crippen LogP contribution is 2.22. The average molecular weight is 249 g/mol. The highest BCUT2D eigenvalue weighted by atomic mass is 16.4. The molecule has 0 radical (unpaired) electrons. The van der Waals surface area contributed by atoms with Gasteiger partial charge in [-0.15, -0.1) is 0 Å². The standard InChI is InChI=1S/C13H19N3O2/c1-9(6-7-14)15(2)10-4-5-12-11(8-10)16(3)13(17)18-12/h4-5,8-9H,6-7,14H2,1-3H3. The number of benzene rings is 1. The molecule has 1 aromatic heterocycles. The van der Waals surface area contributed by atoms with Gasteiger partial charge in [0.2, 0.25) is 0 Å². The zero-order chi connectivity index (χ0) is 13.3. The number of nitrogens with two attached hydrogens (primary N) is 1. The molecule has 0 bridgehead atoms. The molecule has 1 aromatic carbocycles. The minimum atomic E-state index is -0.334. The lowest BCUT2D eigenvalue weighted by molar-refractivity contribution is 0.528. The number of fused-ring (bicyclic) bond motifs is 1. The maximum absolute atomic E-state index is 11.4. The van der Waals surface area contributed by atoms with E-state index in [2.05, 4.69) is 11.8 Å². The van der Waals surface area contributed by atoms with Crippen molar-refractivity contribution in [1.82, 2.24) is 4.57 Å². The molecule has 1 atom stereocenters. The summed E-state index contributed by atoms with van der Waals surface area (Å²) in [5.74, 6) is -0.334. The van der Waals surface area contributed by atoms with Crippen LogP contribution in [-0.2, 0) is 7.05 Å². The summed E-state index contributed by atoms with van der Waals surface area (Å²) in [6, 6.07) is 6.11. The second kappa shape index (κ2) is 4.86. The monoisotopic (exact) mass is 249 g/mol. The molecule has 98 valence electrons. The van der Waals surface area contributed by atoms with Crippen molar-refractivity contribution in [3.8, 4) is 0 Å². The van der Waals surface area contributed by atoms with Crippen LogP contribution in [0.5, 0.6) is 0 Å². The number of aromatic nitrogens is 1. The Morgan fingerprint density at radius 2 is 2.22 bits per heavy atom. The van der Waals surface area contributed by atoms with Gasteiger partial charge in [0.15, 0.2) is 5.58 Å². The van der Waals surface area contributed by atoms with Crippen LogP contribution in [0.4, 0.5) is 5.69 Å². The van der Waals surface area contributed by atoms with Crippen molar-refractivity contribution in [3.05, 3.63) is 28.7 Å². The Labute approximate surface area is 106 Å². The highest BCUT2D eigenvalue weighted by Gasteiger charge is 2.12. The molecule has 0 saturated carbocycles. The first-order chi connectivity index (χ1) is 8.54. The van der Waals surface area contributed by atoms with Crippen LogP contribution in [0, 0.1) is 0 Å². The van der Waals surface area contributed by atoms with Gasteiger partial charge >= 0.3 is 5.76 Å². The average Bonchev–Trinajstić information content (AvgIpc) is 2.64. The van der Waals surface area contributed by atoms with Crippen LogP contribution in [0.15, 0.2) is 27.4 Å². The molecule has 0 aliphatic rings. The van der Waals surface area contributed by atoms with Crippen LogP contribution >= 0.6 is 0 Å². The lowest BCUT2D eigenvalue weighted by Gasteiger charge is -2.26. The Kier molecular flexibility index (Phi) is 3.43. The topological polar surface area (TPSA) is 64.4 Å². The smallest absolute Gasteiger partial charge is 0.408 e. The summed E-state index contributed by atoms with van der Waals surface area (Å²) in [4.78, 5) is 13.6. The molecule has 0 saturated heterocycles. The van der Waals surface area contributed by atoms with Crippen LogP contribution in [0.3, 0.4) is 0 Å². The lowest BCUT2D eigenvalue weighted by atomic mass is 10.2. The maximum Gasteiger partial charge on any atom is 0.419 e. The normalized spacial score (nSPS) is 12.9. The van der Waals surface area contributed by atoms with E-state index in [-0.39, 0.29) is 5.76 Å². The minimum Gasteiger partial charge on any atom is -0.408 e. The number of rotatable bonds is 4. The van der Waals surface area contributed by atoms with Crippen LogP contribution in [0.25, 0.3) is 11.1 Å². The third kappa shape index (κ3) is 2.13. The number of nitrogens with zero attached hydrogens (tertiary/aromatic N) is 2. The first-order valence-electron chi connectivity index (χ1n) is 6.07. The first-order valence-corrected chi connectivity index (χ1v) is 6.07. The zero-order valence-electron chi connectivity index (χ0n) is 11.0. The van der Waals surface area contributed by atoms with Crippen molar-refractivity contribution in [2.45, 2.75) is 19.4 Å². The van der Waals surface area contributed by atoms with Crippen molar-refractivity contribution >= 4 is 16.8 Å². The number of oxazole rings is 1. The van der Waals surface area contributed by atoms with E-state index in [1.807, 2.05) is 25.2 Å². The van der Waals surface area contributed by atoms with E-state index < -0.39 is 0 Å². The van der Waals surface area contributed by atoms with Gasteiger partial charge < -0.3 is 15.1 Å². The quantitative estimate of drug-likeness (QED) is 0.887. The number of hydrogen-bond donors (Lipinski definition) is 1. The summed E-state index contributed by atoms with van der Waals surface area (Å²) < 4.78 is 6.62. The molecule has 1 unspecified atom stereocenters. The van der Waals surface area contributed by atoms with Crippen molar-refractivity contribution < 1.29 is 4.42 Å². The van der Waals surface area contributed by atoms with Gasteiger partial charge in [-0.1, -0.05) is 0 Å². The van der Waals surface area contributed by atoms with Gasteiger partial charge in [0.05, 0.1) is 5.52 Å². The van der Waals surface area contributed by atoms with Crippen molar-refractivity contribution in [3.63, 3.8) is 0 Å². The molecule has 18 heavy (non-hydrogen) atoms. The summed E-state index contributed by atoms with van der Waals surface area (Å²) in [5.41, 5.74) is 8.06. The number of hydrogen-bond acceptors (Lipinski definition) is 4. The minimum absolute atomic E-state index is 0.334. The van der Waals surface area contributed by atoms with Gasteiger partial charge in [-0.2, -0.15) is 0 Å². The molecule has 0 aliphatic heterocycles. The third-order valence-corrected chi connectivity index (χ3v) is 3.43. The molecule has 5 nitrogen and oxygen atoms in total. The van der Waals surface area contributed by atoms with Crippen LogP contribution in [0.2, 0.25) is 0 Å². The molecule has 2 N–H and O–H groups in total. The van der Waals surface area contributed by atoms with Crippen molar-refractivity contribution in [2.24, 2.45) is 12.8 Å². The van der Waals surface area contributed by atoms with Gasteiger partial charge in [-0.25, -0.2) is 4.79 Å². The Hall–Kier alpha value is -1.75. The molecule has 2 aromatic rings. The van der Waals surface area contributed by atoms with Crippen LogP contribution in [-0.4, -0.2) is 24.2 Å². The fraction of sp³-hybridized carbons (Fsp3) is 0.462. The predicted molar refractivity (Wildman–Crippen MR) is 73.0 cm³/mol. The highest BCUT2D eigenvalue weighted by molar-refractivity contribution is 5.77. The zero-order valence-corrected chi connectivity index (χ0v) is 11.0. The van der Waals surface area contributed by atoms with E-state index in [1.165, 1.54) is 4.57 Å². The van der Waals surface area contributed by atoms with Gasteiger partial charge in [-0.05, 0) is 38.1 Å². The van der Waals surface area contributed by atoms with Gasteiger partial charge in [0.1, 0.15) is 0 Å².